The second-order valence-corrected chi connectivity index (χ2v) is 8.86. The van der Waals surface area contributed by atoms with Crippen LogP contribution in [-0.2, 0) is 6.18 Å². The van der Waals surface area contributed by atoms with Crippen LogP contribution in [-0.4, -0.2) is 38.3 Å². The number of hydrogen-bond acceptors (Lipinski definition) is 6. The number of rotatable bonds is 4. The Morgan fingerprint density at radius 2 is 1.97 bits per heavy atom. The van der Waals surface area contributed by atoms with Crippen LogP contribution in [0.15, 0.2) is 48.8 Å². The van der Waals surface area contributed by atoms with Crippen LogP contribution in [0.4, 0.5) is 24.8 Å². The number of nitrogens with one attached hydrogen (secondary N) is 2. The van der Waals surface area contributed by atoms with Gasteiger partial charge in [0.25, 0.3) is 5.91 Å². The van der Waals surface area contributed by atoms with Gasteiger partial charge in [-0.1, -0.05) is 23.7 Å². The van der Waals surface area contributed by atoms with E-state index < -0.39 is 17.6 Å². The smallest absolute Gasteiger partial charge is 0.382 e. The highest BCUT2D eigenvalue weighted by Crippen LogP contribution is 2.35. The van der Waals surface area contributed by atoms with E-state index >= 15 is 0 Å². The first kappa shape index (κ1) is 24.0. The van der Waals surface area contributed by atoms with Crippen molar-refractivity contribution in [3.63, 3.8) is 0 Å². The molecule has 4 heterocycles. The highest BCUT2D eigenvalue weighted by Gasteiger charge is 2.31. The van der Waals surface area contributed by atoms with Gasteiger partial charge in [-0.15, -0.1) is 0 Å². The molecule has 1 unspecified atom stereocenters. The number of anilines is 2. The number of amides is 1. The summed E-state index contributed by atoms with van der Waals surface area (Å²) in [6.07, 6.45) is -0.0906. The lowest BCUT2D eigenvalue weighted by Crippen LogP contribution is -2.29. The van der Waals surface area contributed by atoms with E-state index in [1.54, 1.807) is 24.3 Å². The fraction of sp³-hybridized carbons (Fsp3) is 0.250. The lowest BCUT2D eigenvalue weighted by molar-refractivity contribution is -0.137. The predicted molar refractivity (Wildman–Crippen MR) is 130 cm³/mol. The van der Waals surface area contributed by atoms with Crippen LogP contribution >= 0.6 is 11.6 Å². The lowest BCUT2D eigenvalue weighted by atomic mass is 9.99. The molecule has 0 aliphatic carbocycles. The first-order valence-corrected chi connectivity index (χ1v) is 11.6. The molecule has 186 valence electrons. The molecule has 5 rings (SSSR count). The Balaban J connectivity index is 1.46. The van der Waals surface area contributed by atoms with Crippen molar-refractivity contribution in [2.75, 3.05) is 24.1 Å². The van der Waals surface area contributed by atoms with Crippen LogP contribution in [0.2, 0.25) is 5.15 Å². The number of imidazole rings is 1. The fourth-order valence-electron chi connectivity index (χ4n) is 4.32. The van der Waals surface area contributed by atoms with Crippen molar-refractivity contribution >= 4 is 34.7 Å². The minimum atomic E-state index is -4.54. The number of alkyl halides is 3. The van der Waals surface area contributed by atoms with Crippen LogP contribution in [0.25, 0.3) is 16.8 Å². The molecule has 0 spiro atoms. The molecule has 1 aromatic carbocycles. The summed E-state index contributed by atoms with van der Waals surface area (Å²) in [5.74, 6) is 0.405. The van der Waals surface area contributed by atoms with Crippen molar-refractivity contribution in [2.24, 2.45) is 0 Å². The number of nitrogens with zero attached hydrogens (tertiary/aromatic N) is 4. The Morgan fingerprint density at radius 1 is 1.19 bits per heavy atom. The van der Waals surface area contributed by atoms with Crippen molar-refractivity contribution < 1.29 is 18.0 Å². The van der Waals surface area contributed by atoms with Crippen molar-refractivity contribution in [1.82, 2.24) is 24.7 Å². The average molecular weight is 516 g/mol. The molecule has 12 heteroatoms. The molecule has 3 aromatic heterocycles. The number of piperidine rings is 1. The number of benzene rings is 1. The largest absolute Gasteiger partial charge is 0.416 e. The first-order chi connectivity index (χ1) is 17.2. The van der Waals surface area contributed by atoms with Gasteiger partial charge in [-0.05, 0) is 43.7 Å². The van der Waals surface area contributed by atoms with Gasteiger partial charge in [-0.25, -0.2) is 15.0 Å². The SMILES string of the molecule is Nc1ncc(Cl)n2c(C3CCCNC3)nc(-c3ccc(C(=O)Nc4cc(C(F)(F)F)ccn4)cc3)c12. The Kier molecular flexibility index (Phi) is 6.27. The quantitative estimate of drug-likeness (QED) is 0.361. The Morgan fingerprint density at radius 3 is 2.67 bits per heavy atom. The summed E-state index contributed by atoms with van der Waals surface area (Å²) in [4.78, 5) is 25.5. The van der Waals surface area contributed by atoms with Gasteiger partial charge in [0.2, 0.25) is 0 Å². The molecule has 0 saturated carbocycles. The Hall–Kier alpha value is -3.70. The molecular formula is C24H21ClF3N7O. The summed E-state index contributed by atoms with van der Waals surface area (Å²) in [7, 11) is 0. The van der Waals surface area contributed by atoms with Crippen LogP contribution in [0.5, 0.6) is 0 Å². The fourth-order valence-corrected chi connectivity index (χ4v) is 4.54. The van der Waals surface area contributed by atoms with Crippen molar-refractivity contribution in [3.05, 3.63) is 70.9 Å². The number of carbonyl (C=O) groups is 1. The maximum Gasteiger partial charge on any atom is 0.416 e. The number of halogens is 4. The summed E-state index contributed by atoms with van der Waals surface area (Å²) in [6, 6.07) is 8.12. The molecule has 0 bridgehead atoms. The molecule has 36 heavy (non-hydrogen) atoms. The van der Waals surface area contributed by atoms with Gasteiger partial charge in [0.15, 0.2) is 0 Å². The molecule has 1 aliphatic rings. The lowest BCUT2D eigenvalue weighted by Gasteiger charge is -2.22. The molecular weight excluding hydrogens is 495 g/mol. The van der Waals surface area contributed by atoms with Crippen molar-refractivity contribution in [1.29, 1.82) is 0 Å². The van der Waals surface area contributed by atoms with E-state index in [9.17, 15) is 18.0 Å². The van der Waals surface area contributed by atoms with E-state index in [0.717, 1.165) is 50.1 Å². The van der Waals surface area contributed by atoms with Gasteiger partial charge in [-0.2, -0.15) is 13.2 Å². The number of hydrogen-bond donors (Lipinski definition) is 3. The van der Waals surface area contributed by atoms with E-state index in [1.165, 1.54) is 6.20 Å². The molecule has 8 nitrogen and oxygen atoms in total. The number of carbonyl (C=O) groups excluding carboxylic acids is 1. The summed E-state index contributed by atoms with van der Waals surface area (Å²) in [5.41, 5.74) is 7.40. The molecule has 4 aromatic rings. The van der Waals surface area contributed by atoms with Gasteiger partial charge in [0.05, 0.1) is 11.8 Å². The van der Waals surface area contributed by atoms with E-state index in [-0.39, 0.29) is 23.1 Å². The molecule has 0 radical (unpaired) electrons. The first-order valence-electron chi connectivity index (χ1n) is 11.2. The van der Waals surface area contributed by atoms with Crippen LogP contribution in [0, 0.1) is 0 Å². The zero-order valence-electron chi connectivity index (χ0n) is 18.8. The minimum Gasteiger partial charge on any atom is -0.382 e. The minimum absolute atomic E-state index is 0.143. The molecule has 1 atom stereocenters. The zero-order chi connectivity index (χ0) is 25.4. The maximum absolute atomic E-state index is 12.9. The van der Waals surface area contributed by atoms with Crippen molar-refractivity contribution in [3.8, 4) is 11.3 Å². The summed E-state index contributed by atoms with van der Waals surface area (Å²) in [5, 5.41) is 6.17. The second-order valence-electron chi connectivity index (χ2n) is 8.47. The zero-order valence-corrected chi connectivity index (χ0v) is 19.6. The summed E-state index contributed by atoms with van der Waals surface area (Å²) >= 11 is 6.49. The van der Waals surface area contributed by atoms with Gasteiger partial charge in [0.1, 0.15) is 33.8 Å². The van der Waals surface area contributed by atoms with E-state index in [4.69, 9.17) is 22.3 Å². The third kappa shape index (κ3) is 4.59. The molecule has 1 fully saturated rings. The number of nitrogens with two attached hydrogens (primary N) is 1. The Labute approximate surface area is 208 Å². The van der Waals surface area contributed by atoms with Gasteiger partial charge in [-0.3, -0.25) is 9.20 Å². The van der Waals surface area contributed by atoms with E-state index in [0.29, 0.717) is 21.9 Å². The molecule has 4 N–H and O–H groups in total. The predicted octanol–water partition coefficient (Wildman–Crippen LogP) is 4.77. The molecule has 1 saturated heterocycles. The molecule has 1 aliphatic heterocycles. The normalized spacial score (nSPS) is 16.3. The maximum atomic E-state index is 12.9. The third-order valence-corrected chi connectivity index (χ3v) is 6.35. The molecule has 1 amide bonds. The van der Waals surface area contributed by atoms with Gasteiger partial charge >= 0.3 is 6.18 Å². The Bertz CT molecular complexity index is 1430. The number of nitrogen functional groups attached to an aromatic ring is 1. The summed E-state index contributed by atoms with van der Waals surface area (Å²) < 4.78 is 40.7. The topological polar surface area (TPSA) is 110 Å². The second kappa shape index (κ2) is 9.40. The van der Waals surface area contributed by atoms with Gasteiger partial charge in [0, 0.05) is 29.8 Å². The van der Waals surface area contributed by atoms with Crippen LogP contribution < -0.4 is 16.4 Å². The van der Waals surface area contributed by atoms with Crippen LogP contribution in [0.3, 0.4) is 0 Å². The van der Waals surface area contributed by atoms with Crippen molar-refractivity contribution in [2.45, 2.75) is 24.9 Å². The average Bonchev–Trinajstić information content (AvgIpc) is 3.29. The van der Waals surface area contributed by atoms with Crippen LogP contribution in [0.1, 0.15) is 40.5 Å². The number of pyridine rings is 1. The highest BCUT2D eigenvalue weighted by atomic mass is 35.5. The summed E-state index contributed by atoms with van der Waals surface area (Å²) in [6.45, 7) is 1.71. The monoisotopic (exact) mass is 515 g/mol. The number of aromatic nitrogens is 4. The van der Waals surface area contributed by atoms with Gasteiger partial charge < -0.3 is 16.4 Å². The highest BCUT2D eigenvalue weighted by molar-refractivity contribution is 6.30. The standard InChI is InChI=1S/C24H21ClF3N7O/c25-17-12-32-21(29)20-19(34-22(35(17)20)15-2-1-8-30-11-15)13-3-5-14(6-4-13)23(36)33-18-10-16(7-9-31-18)24(26,27)28/h3-7,9-10,12,15,30H,1-2,8,11H2,(H2,29,32)(H,31,33,36). The van der Waals surface area contributed by atoms with E-state index in [2.05, 4.69) is 20.6 Å². The van der Waals surface area contributed by atoms with E-state index in [1.807, 2.05) is 4.40 Å². The third-order valence-electron chi connectivity index (χ3n) is 6.08. The number of fused-ring (bicyclic) bond motifs is 1.